The van der Waals surface area contributed by atoms with Gasteiger partial charge in [0.25, 0.3) is 5.91 Å². The van der Waals surface area contributed by atoms with E-state index in [-0.39, 0.29) is 27.9 Å². The fraction of sp³-hybridized carbons (Fsp3) is 0.304. The quantitative estimate of drug-likeness (QED) is 0.393. The van der Waals surface area contributed by atoms with Crippen LogP contribution >= 0.6 is 23.2 Å². The molecule has 3 rings (SSSR count). The molecular weight excluding hydrogens is 480 g/mol. The summed E-state index contributed by atoms with van der Waals surface area (Å²) in [6.45, 7) is 5.71. The number of benzene rings is 2. The van der Waals surface area contributed by atoms with E-state index in [0.717, 1.165) is 12.1 Å². The number of amides is 1. The number of aryl methyl sites for hydroxylation is 2. The van der Waals surface area contributed by atoms with Crippen molar-refractivity contribution in [1.29, 1.82) is 0 Å². The molecule has 0 radical (unpaired) electrons. The average Bonchev–Trinajstić information content (AvgIpc) is 3.10. The molecule has 176 valence electrons. The molecule has 1 amide bonds. The number of halogens is 5. The molecule has 1 N–H and O–H groups in total. The van der Waals surface area contributed by atoms with E-state index in [9.17, 15) is 22.8 Å². The van der Waals surface area contributed by atoms with Crippen LogP contribution in [-0.2, 0) is 11.3 Å². The molecule has 1 atom stereocenters. The summed E-state index contributed by atoms with van der Waals surface area (Å²) in [5.74, 6) is -1.43. The van der Waals surface area contributed by atoms with Crippen molar-refractivity contribution in [3.05, 3.63) is 68.8 Å². The predicted octanol–water partition coefficient (Wildman–Crippen LogP) is 6.49. The van der Waals surface area contributed by atoms with Gasteiger partial charge in [0, 0.05) is 17.4 Å². The second-order valence-corrected chi connectivity index (χ2v) is 8.16. The van der Waals surface area contributed by atoms with Crippen LogP contribution in [0.1, 0.15) is 51.9 Å². The lowest BCUT2D eigenvalue weighted by Gasteiger charge is -2.23. The van der Waals surface area contributed by atoms with E-state index in [1.54, 1.807) is 37.5 Å². The number of nitrogens with one attached hydrogen (secondary N) is 1. The zero-order valence-corrected chi connectivity index (χ0v) is 19.5. The van der Waals surface area contributed by atoms with Crippen molar-refractivity contribution in [1.82, 2.24) is 9.88 Å². The SMILES string of the molecule is CCOC(=O)c1cc2cc(C(=O)NC(c3ccc(Cl)c(Cl)c3)C(F)(F)F)n(CC)c2cc1C. The van der Waals surface area contributed by atoms with Crippen molar-refractivity contribution >= 4 is 46.0 Å². The Bertz CT molecular complexity index is 1220. The number of alkyl halides is 3. The monoisotopic (exact) mass is 500 g/mol. The summed E-state index contributed by atoms with van der Waals surface area (Å²) < 4.78 is 48.1. The van der Waals surface area contributed by atoms with Crippen molar-refractivity contribution in [2.75, 3.05) is 6.61 Å². The summed E-state index contributed by atoms with van der Waals surface area (Å²) >= 11 is 11.7. The van der Waals surface area contributed by atoms with Crippen LogP contribution in [0.3, 0.4) is 0 Å². The van der Waals surface area contributed by atoms with Crippen LogP contribution in [0.25, 0.3) is 10.9 Å². The third-order valence-corrected chi connectivity index (χ3v) is 5.91. The van der Waals surface area contributed by atoms with E-state index >= 15 is 0 Å². The largest absolute Gasteiger partial charge is 0.462 e. The Labute approximate surface area is 198 Å². The van der Waals surface area contributed by atoms with Crippen LogP contribution in [0.2, 0.25) is 10.0 Å². The molecule has 33 heavy (non-hydrogen) atoms. The lowest BCUT2D eigenvalue weighted by molar-refractivity contribution is -0.155. The highest BCUT2D eigenvalue weighted by Crippen LogP contribution is 2.36. The third kappa shape index (κ3) is 5.12. The molecule has 1 aromatic heterocycles. The standard InChI is InChI=1S/C23H21Cl2F3N2O3/c1-4-30-18-8-12(3)15(22(32)33-5-2)9-14(18)11-19(30)21(31)29-20(23(26,27)28)13-6-7-16(24)17(25)10-13/h6-11,20H,4-5H2,1-3H3,(H,29,31). The molecule has 0 saturated heterocycles. The summed E-state index contributed by atoms with van der Waals surface area (Å²) in [5, 5.41) is 2.65. The predicted molar refractivity (Wildman–Crippen MR) is 121 cm³/mol. The zero-order chi connectivity index (χ0) is 24.5. The fourth-order valence-electron chi connectivity index (χ4n) is 3.62. The molecule has 0 aliphatic heterocycles. The van der Waals surface area contributed by atoms with Gasteiger partial charge in [-0.3, -0.25) is 4.79 Å². The lowest BCUT2D eigenvalue weighted by Crippen LogP contribution is -2.38. The summed E-state index contributed by atoms with van der Waals surface area (Å²) in [5.41, 5.74) is 1.36. The molecule has 10 heteroatoms. The van der Waals surface area contributed by atoms with Gasteiger partial charge in [0.2, 0.25) is 0 Å². The number of aromatic nitrogens is 1. The van der Waals surface area contributed by atoms with E-state index in [4.69, 9.17) is 27.9 Å². The topological polar surface area (TPSA) is 60.3 Å². The van der Waals surface area contributed by atoms with Gasteiger partial charge in [0.1, 0.15) is 5.69 Å². The van der Waals surface area contributed by atoms with Gasteiger partial charge in [-0.1, -0.05) is 29.3 Å². The Hall–Kier alpha value is -2.71. The summed E-state index contributed by atoms with van der Waals surface area (Å²) in [6, 6.07) is 5.93. The molecule has 0 saturated carbocycles. The summed E-state index contributed by atoms with van der Waals surface area (Å²) in [4.78, 5) is 25.2. The summed E-state index contributed by atoms with van der Waals surface area (Å²) in [6.07, 6.45) is -4.77. The van der Waals surface area contributed by atoms with Crippen LogP contribution < -0.4 is 5.32 Å². The highest BCUT2D eigenvalue weighted by molar-refractivity contribution is 6.42. The minimum absolute atomic E-state index is 0.0298. The molecular formula is C23H21Cl2F3N2O3. The van der Waals surface area contributed by atoms with Gasteiger partial charge >= 0.3 is 12.1 Å². The maximum Gasteiger partial charge on any atom is 0.412 e. The first-order valence-electron chi connectivity index (χ1n) is 10.1. The molecule has 3 aromatic rings. The number of rotatable bonds is 6. The van der Waals surface area contributed by atoms with E-state index in [1.165, 1.54) is 12.1 Å². The molecule has 1 heterocycles. The van der Waals surface area contributed by atoms with Crippen molar-refractivity contribution in [2.45, 2.75) is 39.5 Å². The lowest BCUT2D eigenvalue weighted by atomic mass is 10.1. The smallest absolute Gasteiger partial charge is 0.412 e. The number of carbonyl (C=O) groups is 2. The molecule has 2 aromatic carbocycles. The summed E-state index contributed by atoms with van der Waals surface area (Å²) in [7, 11) is 0. The second kappa shape index (κ2) is 9.65. The van der Waals surface area contributed by atoms with Gasteiger partial charge in [-0.15, -0.1) is 0 Å². The molecule has 1 unspecified atom stereocenters. The zero-order valence-electron chi connectivity index (χ0n) is 18.0. The van der Waals surface area contributed by atoms with Crippen molar-refractivity contribution in [3.63, 3.8) is 0 Å². The van der Waals surface area contributed by atoms with E-state index < -0.39 is 24.1 Å². The Kier molecular flexibility index (Phi) is 7.29. The molecule has 0 aliphatic rings. The highest BCUT2D eigenvalue weighted by atomic mass is 35.5. The van der Waals surface area contributed by atoms with Gasteiger partial charge in [-0.25, -0.2) is 4.79 Å². The number of fused-ring (bicyclic) bond motifs is 1. The minimum atomic E-state index is -4.77. The van der Waals surface area contributed by atoms with Crippen LogP contribution in [-0.4, -0.2) is 29.2 Å². The maximum absolute atomic E-state index is 13.8. The van der Waals surface area contributed by atoms with Gasteiger partial charge in [0.05, 0.1) is 22.2 Å². The van der Waals surface area contributed by atoms with Crippen LogP contribution in [0.5, 0.6) is 0 Å². The van der Waals surface area contributed by atoms with Crippen LogP contribution in [0, 0.1) is 6.92 Å². The van der Waals surface area contributed by atoms with E-state index in [2.05, 4.69) is 5.32 Å². The Morgan fingerprint density at radius 3 is 2.36 bits per heavy atom. The number of nitrogens with zero attached hydrogens (tertiary/aromatic N) is 1. The van der Waals surface area contributed by atoms with Gasteiger partial charge in [0.15, 0.2) is 6.04 Å². The Morgan fingerprint density at radius 1 is 1.09 bits per heavy atom. The minimum Gasteiger partial charge on any atom is -0.462 e. The normalized spacial score (nSPS) is 12.6. The van der Waals surface area contributed by atoms with Gasteiger partial charge < -0.3 is 14.6 Å². The first-order chi connectivity index (χ1) is 15.5. The van der Waals surface area contributed by atoms with E-state index in [1.807, 2.05) is 0 Å². The van der Waals surface area contributed by atoms with Crippen molar-refractivity contribution in [3.8, 4) is 0 Å². The number of hydrogen-bond acceptors (Lipinski definition) is 3. The average molecular weight is 501 g/mol. The van der Waals surface area contributed by atoms with Crippen molar-refractivity contribution < 1.29 is 27.5 Å². The Morgan fingerprint density at radius 2 is 1.79 bits per heavy atom. The number of carbonyl (C=O) groups excluding carboxylic acids is 2. The first-order valence-corrected chi connectivity index (χ1v) is 10.9. The first kappa shape index (κ1) is 24.9. The maximum atomic E-state index is 13.8. The second-order valence-electron chi connectivity index (χ2n) is 7.34. The van der Waals surface area contributed by atoms with E-state index in [0.29, 0.717) is 28.6 Å². The third-order valence-electron chi connectivity index (χ3n) is 5.17. The number of ether oxygens (including phenoxy) is 1. The fourth-order valence-corrected chi connectivity index (χ4v) is 3.93. The van der Waals surface area contributed by atoms with Crippen molar-refractivity contribution in [2.24, 2.45) is 0 Å². The van der Waals surface area contributed by atoms with Gasteiger partial charge in [-0.05, 0) is 62.2 Å². The molecule has 0 spiro atoms. The number of esters is 1. The highest BCUT2D eigenvalue weighted by Gasteiger charge is 2.42. The molecule has 0 fully saturated rings. The van der Waals surface area contributed by atoms with Gasteiger partial charge in [-0.2, -0.15) is 13.2 Å². The van der Waals surface area contributed by atoms with Crippen LogP contribution in [0.15, 0.2) is 36.4 Å². The van der Waals surface area contributed by atoms with Crippen LogP contribution in [0.4, 0.5) is 13.2 Å². The Balaban J connectivity index is 2.04. The molecule has 0 bridgehead atoms. The number of hydrogen-bond donors (Lipinski definition) is 1. The molecule has 0 aliphatic carbocycles. The molecule has 5 nitrogen and oxygen atoms in total.